The number of aliphatic carboxylic acids is 1. The van der Waals surface area contributed by atoms with Gasteiger partial charge in [-0.15, -0.1) is 0 Å². The predicted molar refractivity (Wildman–Crippen MR) is 293 cm³/mol. The van der Waals surface area contributed by atoms with Crippen molar-refractivity contribution in [3.05, 3.63) is 108 Å². The van der Waals surface area contributed by atoms with E-state index < -0.39 is 120 Å². The number of H-pyrrole nitrogens is 2. The summed E-state index contributed by atoms with van der Waals surface area (Å²) in [5.74, 6) is -8.42. The molecule has 0 aliphatic carbocycles. The Hall–Kier alpha value is -8.60. The number of likely N-dealkylation sites (tertiary alicyclic amines) is 1. The minimum absolute atomic E-state index is 0.00287. The maximum atomic E-state index is 15.0. The normalized spacial score (nSPS) is 15.8. The molecular weight excluding hydrogens is 1020 g/mol. The molecule has 9 amide bonds. The van der Waals surface area contributed by atoms with Crippen LogP contribution in [-0.4, -0.2) is 141 Å². The van der Waals surface area contributed by atoms with Gasteiger partial charge in [0.2, 0.25) is 53.2 Å². The van der Waals surface area contributed by atoms with Crippen molar-refractivity contribution in [2.75, 3.05) is 19.6 Å². The van der Waals surface area contributed by atoms with Gasteiger partial charge in [0.25, 0.3) is 0 Å². The van der Waals surface area contributed by atoms with E-state index in [1.54, 1.807) is 56.6 Å². The van der Waals surface area contributed by atoms with Crippen LogP contribution in [0.3, 0.4) is 0 Å². The van der Waals surface area contributed by atoms with Gasteiger partial charge in [-0.25, -0.2) is 0 Å². The molecule has 5 aromatic rings. The van der Waals surface area contributed by atoms with Crippen molar-refractivity contribution in [2.45, 2.75) is 127 Å². The van der Waals surface area contributed by atoms with E-state index >= 15 is 0 Å². The fourth-order valence-corrected chi connectivity index (χ4v) is 9.71. The molecule has 3 aromatic carbocycles. The van der Waals surface area contributed by atoms with Crippen molar-refractivity contribution in [3.63, 3.8) is 0 Å². The number of fused-ring (bicyclic) bond motifs is 2. The summed E-state index contributed by atoms with van der Waals surface area (Å²) in [4.78, 5) is 143. The largest absolute Gasteiger partial charge is 0.481 e. The van der Waals surface area contributed by atoms with Crippen LogP contribution in [0.5, 0.6) is 0 Å². The smallest absolute Gasteiger partial charge is 0.305 e. The number of aromatic amines is 2. The lowest BCUT2D eigenvalue weighted by Crippen LogP contribution is -2.59. The Bertz CT molecular complexity index is 2980. The number of benzene rings is 3. The second kappa shape index (κ2) is 28.7. The number of amides is 9. The van der Waals surface area contributed by atoms with Gasteiger partial charge >= 0.3 is 5.97 Å². The van der Waals surface area contributed by atoms with Crippen molar-refractivity contribution in [3.8, 4) is 0 Å². The number of aromatic nitrogens is 2. The summed E-state index contributed by atoms with van der Waals surface area (Å²) >= 11 is 0. The summed E-state index contributed by atoms with van der Waals surface area (Å²) in [7, 11) is 0. The van der Waals surface area contributed by atoms with Crippen LogP contribution in [0.2, 0.25) is 0 Å². The van der Waals surface area contributed by atoms with E-state index in [0.29, 0.717) is 48.9 Å². The maximum absolute atomic E-state index is 15.0. The highest BCUT2D eigenvalue weighted by atomic mass is 16.4. The van der Waals surface area contributed by atoms with Crippen molar-refractivity contribution in [1.82, 2.24) is 52.1 Å². The van der Waals surface area contributed by atoms with E-state index in [4.69, 9.17) is 11.5 Å². The quantitative estimate of drug-likeness (QED) is 0.0297. The summed E-state index contributed by atoms with van der Waals surface area (Å²) in [6.45, 7) is 4.67. The molecule has 23 nitrogen and oxygen atoms in total. The summed E-state index contributed by atoms with van der Waals surface area (Å²) < 4.78 is 0. The fraction of sp³-hybridized carbons (Fsp3) is 0.429. The minimum atomic E-state index is -1.58. The summed E-state index contributed by atoms with van der Waals surface area (Å²) in [5, 5.41) is 29.6. The first-order valence-corrected chi connectivity index (χ1v) is 26.6. The SMILES string of the molecule is CC[C@H](C)[C@H](NC(=O)CNC(=O)[C@@H]1CCCN1C(=O)[C@H](Cc1c[nH]c2ccccc12)NC(=O)[C@H](Cc1c[nH]c2ccccc12)NC(=O)[C@H](CCCCN)NC(C)=O)C(=O)N[C@@H](Cc1ccccc1)C(=O)N[C@@H](CC(=O)O)C(N)=O. The average Bonchev–Trinajstić information content (AvgIpc) is 4.22. The van der Waals surface area contributed by atoms with E-state index in [0.717, 1.165) is 21.8 Å². The summed E-state index contributed by atoms with van der Waals surface area (Å²) in [5.41, 5.74) is 14.7. The lowest BCUT2D eigenvalue weighted by molar-refractivity contribution is -0.142. The van der Waals surface area contributed by atoms with Gasteiger partial charge in [0.05, 0.1) is 13.0 Å². The van der Waals surface area contributed by atoms with E-state index in [1.807, 2.05) is 48.5 Å². The van der Waals surface area contributed by atoms with E-state index in [2.05, 4.69) is 47.2 Å². The van der Waals surface area contributed by atoms with Gasteiger partial charge in [0.15, 0.2) is 0 Å². The van der Waals surface area contributed by atoms with Gasteiger partial charge in [0, 0.05) is 66.9 Å². The van der Waals surface area contributed by atoms with Crippen LogP contribution >= 0.6 is 0 Å². The van der Waals surface area contributed by atoms with Crippen LogP contribution in [0.1, 0.15) is 82.4 Å². The second-order valence-electron chi connectivity index (χ2n) is 19.9. The number of carbonyl (C=O) groups is 10. The Labute approximate surface area is 456 Å². The zero-order chi connectivity index (χ0) is 57.2. The van der Waals surface area contributed by atoms with Gasteiger partial charge < -0.3 is 68.7 Å². The Morgan fingerprint density at radius 2 is 1.22 bits per heavy atom. The number of primary amides is 1. The molecule has 0 radical (unpaired) electrons. The van der Waals surface area contributed by atoms with Gasteiger partial charge in [-0.1, -0.05) is 87.0 Å². The van der Waals surface area contributed by atoms with Crippen molar-refractivity contribution >= 4 is 80.9 Å². The first kappa shape index (κ1) is 59.6. The second-order valence-corrected chi connectivity index (χ2v) is 19.9. The number of para-hydroxylation sites is 2. The number of nitrogens with two attached hydrogens (primary N) is 2. The van der Waals surface area contributed by atoms with Crippen LogP contribution in [0.4, 0.5) is 0 Å². The van der Waals surface area contributed by atoms with Crippen molar-refractivity contribution in [1.29, 1.82) is 0 Å². The lowest BCUT2D eigenvalue weighted by atomic mass is 9.97. The van der Waals surface area contributed by atoms with Gasteiger partial charge in [-0.05, 0) is 73.4 Å². The van der Waals surface area contributed by atoms with Gasteiger partial charge in [-0.3, -0.25) is 47.9 Å². The van der Waals surface area contributed by atoms with Gasteiger partial charge in [-0.2, -0.15) is 0 Å². The topological polar surface area (TPSA) is 362 Å². The molecule has 8 atom stereocenters. The first-order chi connectivity index (χ1) is 37.9. The average molecular weight is 1090 g/mol. The molecular formula is C56H72N12O11. The maximum Gasteiger partial charge on any atom is 0.305 e. The molecule has 1 fully saturated rings. The Morgan fingerprint density at radius 3 is 1.80 bits per heavy atom. The first-order valence-electron chi connectivity index (χ1n) is 26.6. The molecule has 3 heterocycles. The Balaban J connectivity index is 1.19. The van der Waals surface area contributed by atoms with Crippen LogP contribution in [0.15, 0.2) is 91.3 Å². The molecule has 1 aliphatic heterocycles. The number of carbonyl (C=O) groups excluding carboxylic acids is 9. The summed E-state index contributed by atoms with van der Waals surface area (Å²) in [6, 6.07) is 14.7. The van der Waals surface area contributed by atoms with E-state index in [-0.39, 0.29) is 38.6 Å². The van der Waals surface area contributed by atoms with E-state index in [9.17, 15) is 53.1 Å². The van der Waals surface area contributed by atoms with Crippen LogP contribution in [-0.2, 0) is 67.2 Å². The number of rotatable bonds is 29. The third-order valence-corrected chi connectivity index (χ3v) is 14.1. The van der Waals surface area contributed by atoms with Gasteiger partial charge in [0.1, 0.15) is 42.3 Å². The number of carboxylic acids is 1. The van der Waals surface area contributed by atoms with Crippen LogP contribution in [0, 0.1) is 5.92 Å². The highest BCUT2D eigenvalue weighted by Crippen LogP contribution is 2.24. The molecule has 422 valence electrons. The molecule has 79 heavy (non-hydrogen) atoms. The number of unbranched alkanes of at least 4 members (excludes halogenated alkanes) is 1. The Kier molecular flexibility index (Phi) is 21.7. The molecule has 0 spiro atoms. The van der Waals surface area contributed by atoms with Crippen molar-refractivity contribution < 1.29 is 53.1 Å². The highest BCUT2D eigenvalue weighted by Gasteiger charge is 2.40. The van der Waals surface area contributed by atoms with E-state index in [1.165, 1.54) is 11.8 Å². The monoisotopic (exact) mass is 1090 g/mol. The summed E-state index contributed by atoms with van der Waals surface area (Å²) in [6.07, 6.45) is 4.98. The molecule has 0 bridgehead atoms. The number of carboxylic acid groups (broad SMARTS) is 1. The molecule has 1 saturated heterocycles. The third-order valence-electron chi connectivity index (χ3n) is 14.1. The van der Waals surface area contributed by atoms with Crippen LogP contribution in [0.25, 0.3) is 21.8 Å². The molecule has 14 N–H and O–H groups in total. The fourth-order valence-electron chi connectivity index (χ4n) is 9.71. The molecule has 6 rings (SSSR count). The number of hydrogen-bond acceptors (Lipinski definition) is 11. The highest BCUT2D eigenvalue weighted by molar-refractivity contribution is 5.99. The number of nitrogens with one attached hydrogen (secondary N) is 9. The predicted octanol–water partition coefficient (Wildman–Crippen LogP) is 0.848. The third kappa shape index (κ3) is 16.7. The molecule has 2 aromatic heterocycles. The molecule has 0 saturated carbocycles. The number of hydrogen-bond donors (Lipinski definition) is 12. The zero-order valence-corrected chi connectivity index (χ0v) is 44.6. The van der Waals surface area contributed by atoms with Crippen molar-refractivity contribution in [2.24, 2.45) is 17.4 Å². The van der Waals surface area contributed by atoms with Crippen LogP contribution < -0.4 is 48.7 Å². The number of nitrogens with zero attached hydrogens (tertiary/aromatic N) is 1. The molecule has 1 aliphatic rings. The Morgan fingerprint density at radius 1 is 0.671 bits per heavy atom. The lowest BCUT2D eigenvalue weighted by Gasteiger charge is -2.30. The standard InChI is InChI=1S/C56H72N12O11/c1-4-32(2)49(55(78)65-43(25-34-15-6-5-7-16-34)52(75)63-42(50(58)73)28-48(71)72)67-47(70)31-61-54(77)46-22-14-24-68(46)56(79)45(27-36-30-60-40-20-11-9-18-38(36)40)66-53(76)44(26-35-29-59-39-19-10-8-17-37(35)39)64-51(74)41(62-33(3)69)21-12-13-23-57/h5-11,15-20,29-30,32,41-46,49,59-60H,4,12-14,21-28,31,57H2,1-3H3,(H2,58,73)(H,61,77)(H,62,69)(H,63,75)(H,64,74)(H,65,78)(H,66,76)(H,67,70)(H,71,72)/t32-,41-,42-,43-,44-,45-,46-,49-/m0/s1. The molecule has 0 unspecified atom stereocenters. The molecule has 23 heteroatoms. The zero-order valence-electron chi connectivity index (χ0n) is 44.6. The minimum Gasteiger partial charge on any atom is -0.481 e.